The number of nitrogens with one attached hydrogen (secondary N) is 2. The second-order valence-corrected chi connectivity index (χ2v) is 5.07. The molecule has 1 unspecified atom stereocenters. The number of aryl methyl sites for hydroxylation is 1. The van der Waals surface area contributed by atoms with Gasteiger partial charge in [-0.3, -0.25) is 0 Å². The summed E-state index contributed by atoms with van der Waals surface area (Å²) in [6.45, 7) is 4.22. The van der Waals surface area contributed by atoms with Crippen molar-refractivity contribution in [2.45, 2.75) is 31.3 Å². The molecular formula is C13H20N2O2S. The van der Waals surface area contributed by atoms with Gasteiger partial charge in [-0.2, -0.15) is 0 Å². The van der Waals surface area contributed by atoms with E-state index in [0.717, 1.165) is 5.56 Å². The van der Waals surface area contributed by atoms with Gasteiger partial charge in [0.25, 0.3) is 0 Å². The number of aliphatic hydroxyl groups is 1. The third kappa shape index (κ3) is 4.58. The molecule has 0 heterocycles. The van der Waals surface area contributed by atoms with Crippen molar-refractivity contribution in [2.24, 2.45) is 0 Å². The highest BCUT2D eigenvalue weighted by Crippen LogP contribution is 2.21. The smallest absolute Gasteiger partial charge is 0.315 e. The zero-order valence-electron chi connectivity index (χ0n) is 11.0. The van der Waals surface area contributed by atoms with Crippen molar-refractivity contribution in [3.05, 3.63) is 29.3 Å². The normalized spacial score (nSPS) is 12.0. The zero-order chi connectivity index (χ0) is 13.5. The molecule has 0 aromatic heterocycles. The van der Waals surface area contributed by atoms with Crippen LogP contribution in [0.4, 0.5) is 4.79 Å². The Morgan fingerprint density at radius 1 is 1.50 bits per heavy atom. The SMILES string of the molecule is CSc1cc(C)ccc1CNC(=O)NC(C)CO. The minimum atomic E-state index is -0.260. The second kappa shape index (κ2) is 7.28. The molecule has 0 spiro atoms. The van der Waals surface area contributed by atoms with Gasteiger partial charge in [-0.25, -0.2) is 4.79 Å². The number of hydrogen-bond acceptors (Lipinski definition) is 3. The lowest BCUT2D eigenvalue weighted by atomic mass is 10.1. The Morgan fingerprint density at radius 2 is 2.22 bits per heavy atom. The number of benzene rings is 1. The predicted molar refractivity (Wildman–Crippen MR) is 74.9 cm³/mol. The first-order chi connectivity index (χ1) is 8.56. The first kappa shape index (κ1) is 14.9. The molecule has 4 nitrogen and oxygen atoms in total. The summed E-state index contributed by atoms with van der Waals surface area (Å²) in [7, 11) is 0. The average molecular weight is 268 g/mol. The summed E-state index contributed by atoms with van der Waals surface area (Å²) in [5.41, 5.74) is 2.31. The van der Waals surface area contributed by atoms with Crippen LogP contribution in [0.15, 0.2) is 23.1 Å². The van der Waals surface area contributed by atoms with E-state index in [9.17, 15) is 4.79 Å². The standard InChI is InChI=1S/C13H20N2O2S/c1-9-4-5-11(12(6-9)18-3)7-14-13(17)15-10(2)8-16/h4-6,10,16H,7-8H2,1-3H3,(H2,14,15,17). The Hall–Kier alpha value is -1.20. The van der Waals surface area contributed by atoms with E-state index in [-0.39, 0.29) is 18.7 Å². The number of carbonyl (C=O) groups is 1. The third-order valence-corrected chi connectivity index (χ3v) is 3.35. The first-order valence-corrected chi connectivity index (χ1v) is 7.08. The molecule has 1 aromatic carbocycles. The van der Waals surface area contributed by atoms with Crippen LogP contribution in [0.3, 0.4) is 0 Å². The van der Waals surface area contributed by atoms with Crippen LogP contribution in [0.25, 0.3) is 0 Å². The molecule has 0 radical (unpaired) electrons. The molecule has 0 aliphatic rings. The second-order valence-electron chi connectivity index (χ2n) is 4.23. The fourth-order valence-corrected chi connectivity index (χ4v) is 2.20. The maximum atomic E-state index is 11.5. The molecule has 0 saturated carbocycles. The number of amides is 2. The number of hydrogen-bond donors (Lipinski definition) is 3. The van der Waals surface area contributed by atoms with E-state index in [0.29, 0.717) is 6.54 Å². The maximum Gasteiger partial charge on any atom is 0.315 e. The summed E-state index contributed by atoms with van der Waals surface area (Å²) in [5, 5.41) is 14.3. The molecule has 18 heavy (non-hydrogen) atoms. The van der Waals surface area contributed by atoms with Gasteiger partial charge < -0.3 is 15.7 Å². The van der Waals surface area contributed by atoms with Crippen LogP contribution in [0, 0.1) is 6.92 Å². The van der Waals surface area contributed by atoms with Gasteiger partial charge in [0.15, 0.2) is 0 Å². The van der Waals surface area contributed by atoms with E-state index < -0.39 is 0 Å². The molecule has 1 aromatic rings. The molecule has 0 aliphatic carbocycles. The van der Waals surface area contributed by atoms with Crippen LogP contribution in [0.2, 0.25) is 0 Å². The van der Waals surface area contributed by atoms with E-state index in [1.165, 1.54) is 10.5 Å². The van der Waals surface area contributed by atoms with Crippen LogP contribution in [-0.4, -0.2) is 30.0 Å². The number of urea groups is 1. The van der Waals surface area contributed by atoms with Crippen LogP contribution in [-0.2, 0) is 6.54 Å². The Balaban J connectivity index is 2.55. The largest absolute Gasteiger partial charge is 0.394 e. The number of aliphatic hydroxyl groups excluding tert-OH is 1. The van der Waals surface area contributed by atoms with Crippen LogP contribution < -0.4 is 10.6 Å². The van der Waals surface area contributed by atoms with E-state index >= 15 is 0 Å². The lowest BCUT2D eigenvalue weighted by Crippen LogP contribution is -2.42. The fourth-order valence-electron chi connectivity index (χ4n) is 1.49. The van der Waals surface area contributed by atoms with Crippen molar-refractivity contribution in [1.29, 1.82) is 0 Å². The van der Waals surface area contributed by atoms with Gasteiger partial charge in [-0.05, 0) is 37.3 Å². The van der Waals surface area contributed by atoms with Crippen LogP contribution >= 0.6 is 11.8 Å². The lowest BCUT2D eigenvalue weighted by Gasteiger charge is -2.13. The Kier molecular flexibility index (Phi) is 6.01. The van der Waals surface area contributed by atoms with Gasteiger partial charge in [-0.15, -0.1) is 11.8 Å². The van der Waals surface area contributed by atoms with E-state index in [2.05, 4.69) is 16.7 Å². The molecule has 1 atom stereocenters. The third-order valence-electron chi connectivity index (χ3n) is 2.53. The van der Waals surface area contributed by atoms with Crippen molar-refractivity contribution in [1.82, 2.24) is 10.6 Å². The Labute approximate surface area is 112 Å². The van der Waals surface area contributed by atoms with Crippen molar-refractivity contribution < 1.29 is 9.90 Å². The minimum Gasteiger partial charge on any atom is -0.394 e. The predicted octanol–water partition coefficient (Wildman–Crippen LogP) is 1.90. The summed E-state index contributed by atoms with van der Waals surface area (Å²) in [6, 6.07) is 5.67. The van der Waals surface area contributed by atoms with Crippen LogP contribution in [0.5, 0.6) is 0 Å². The Bertz CT molecular complexity index is 410. The highest BCUT2D eigenvalue weighted by Gasteiger charge is 2.07. The highest BCUT2D eigenvalue weighted by atomic mass is 32.2. The molecule has 0 fully saturated rings. The van der Waals surface area contributed by atoms with Crippen molar-refractivity contribution >= 4 is 17.8 Å². The Morgan fingerprint density at radius 3 is 2.83 bits per heavy atom. The maximum absolute atomic E-state index is 11.5. The molecule has 2 amide bonds. The monoisotopic (exact) mass is 268 g/mol. The van der Waals surface area contributed by atoms with Gasteiger partial charge in [-0.1, -0.05) is 12.1 Å². The summed E-state index contributed by atoms with van der Waals surface area (Å²) >= 11 is 1.67. The zero-order valence-corrected chi connectivity index (χ0v) is 11.8. The van der Waals surface area contributed by atoms with E-state index in [4.69, 9.17) is 5.11 Å². The van der Waals surface area contributed by atoms with Gasteiger partial charge in [0.1, 0.15) is 0 Å². The van der Waals surface area contributed by atoms with Crippen LogP contribution in [0.1, 0.15) is 18.1 Å². The lowest BCUT2D eigenvalue weighted by molar-refractivity contribution is 0.220. The molecule has 3 N–H and O–H groups in total. The molecule has 5 heteroatoms. The number of rotatable bonds is 5. The molecule has 0 bridgehead atoms. The molecule has 0 aliphatic heterocycles. The molecule has 100 valence electrons. The minimum absolute atomic E-state index is 0.0615. The van der Waals surface area contributed by atoms with E-state index in [1.807, 2.05) is 25.3 Å². The first-order valence-electron chi connectivity index (χ1n) is 5.85. The number of thioether (sulfide) groups is 1. The summed E-state index contributed by atoms with van der Waals surface area (Å²) in [4.78, 5) is 12.7. The molecule has 1 rings (SSSR count). The topological polar surface area (TPSA) is 61.4 Å². The highest BCUT2D eigenvalue weighted by molar-refractivity contribution is 7.98. The molecule has 0 saturated heterocycles. The quantitative estimate of drug-likeness (QED) is 0.715. The summed E-state index contributed by atoms with van der Waals surface area (Å²) in [6.07, 6.45) is 2.02. The number of carbonyl (C=O) groups excluding carboxylic acids is 1. The van der Waals surface area contributed by atoms with Gasteiger partial charge in [0.2, 0.25) is 0 Å². The van der Waals surface area contributed by atoms with Crippen molar-refractivity contribution in [3.8, 4) is 0 Å². The van der Waals surface area contributed by atoms with Gasteiger partial charge in [0.05, 0.1) is 12.6 Å². The van der Waals surface area contributed by atoms with E-state index in [1.54, 1.807) is 18.7 Å². The summed E-state index contributed by atoms with van der Waals surface area (Å²) in [5.74, 6) is 0. The van der Waals surface area contributed by atoms with Gasteiger partial charge in [0, 0.05) is 11.4 Å². The molecular weight excluding hydrogens is 248 g/mol. The fraction of sp³-hybridized carbons (Fsp3) is 0.462. The van der Waals surface area contributed by atoms with Crippen molar-refractivity contribution in [3.63, 3.8) is 0 Å². The average Bonchev–Trinajstić information content (AvgIpc) is 2.36. The summed E-state index contributed by atoms with van der Waals surface area (Å²) < 4.78 is 0. The van der Waals surface area contributed by atoms with Crippen molar-refractivity contribution in [2.75, 3.05) is 12.9 Å². The van der Waals surface area contributed by atoms with Gasteiger partial charge >= 0.3 is 6.03 Å².